The first kappa shape index (κ1) is 26.1. The molecule has 0 saturated carbocycles. The molecule has 0 atom stereocenters. The summed E-state index contributed by atoms with van der Waals surface area (Å²) in [5.74, 6) is -0.297. The number of amides is 1. The second-order valence-electron chi connectivity index (χ2n) is 7.08. The molecule has 2 rings (SSSR count). The molecule has 0 aliphatic rings. The first-order chi connectivity index (χ1) is 15.0. The zero-order chi connectivity index (χ0) is 23.9. The molecular formula is C21H28ClN3O5S2. The summed E-state index contributed by atoms with van der Waals surface area (Å²) in [6.07, 6.45) is 1.50. The quantitative estimate of drug-likeness (QED) is 0.507. The van der Waals surface area contributed by atoms with Crippen LogP contribution in [-0.4, -0.2) is 52.9 Å². The number of nitrogens with one attached hydrogen (secondary N) is 1. The molecule has 0 aliphatic heterocycles. The van der Waals surface area contributed by atoms with Gasteiger partial charge in [0.2, 0.25) is 26.0 Å². The lowest BCUT2D eigenvalue weighted by atomic mass is 10.2. The van der Waals surface area contributed by atoms with Crippen LogP contribution in [0.3, 0.4) is 0 Å². The van der Waals surface area contributed by atoms with E-state index in [1.807, 2.05) is 0 Å². The number of nitrogens with zero attached hydrogens (tertiary/aromatic N) is 2. The van der Waals surface area contributed by atoms with Crippen molar-refractivity contribution in [3.05, 3.63) is 53.6 Å². The summed E-state index contributed by atoms with van der Waals surface area (Å²) in [4.78, 5) is 12.4. The third-order valence-corrected chi connectivity index (χ3v) is 8.27. The van der Waals surface area contributed by atoms with Crippen LogP contribution in [0.2, 0.25) is 5.02 Å². The topological polar surface area (TPSA) is 104 Å². The molecule has 0 aromatic heterocycles. The fourth-order valence-electron chi connectivity index (χ4n) is 3.12. The summed E-state index contributed by atoms with van der Waals surface area (Å²) in [7, 11) is -7.08. The van der Waals surface area contributed by atoms with Gasteiger partial charge >= 0.3 is 0 Å². The molecule has 0 saturated heterocycles. The Bertz CT molecular complexity index is 1120. The van der Waals surface area contributed by atoms with Gasteiger partial charge < -0.3 is 5.32 Å². The van der Waals surface area contributed by atoms with E-state index in [-0.39, 0.29) is 23.8 Å². The van der Waals surface area contributed by atoms with Gasteiger partial charge in [0, 0.05) is 36.8 Å². The molecule has 0 radical (unpaired) electrons. The fraction of sp³-hybridized carbons (Fsp3) is 0.381. The first-order valence-electron chi connectivity index (χ1n) is 10.1. The lowest BCUT2D eigenvalue weighted by Crippen LogP contribution is -2.31. The SMILES string of the molecule is CCN(CC)S(=O)(=O)c1ccc(NC(=O)CCCN(c2ccc(Cl)cc2)S(C)(=O)=O)cc1. The Morgan fingerprint density at radius 3 is 2.00 bits per heavy atom. The van der Waals surface area contributed by atoms with E-state index in [0.29, 0.717) is 35.9 Å². The Balaban J connectivity index is 1.97. The van der Waals surface area contributed by atoms with Crippen LogP contribution in [0.1, 0.15) is 26.7 Å². The summed E-state index contributed by atoms with van der Waals surface area (Å²) in [6, 6.07) is 12.4. The highest BCUT2D eigenvalue weighted by Crippen LogP contribution is 2.21. The number of carbonyl (C=O) groups is 1. The van der Waals surface area contributed by atoms with E-state index in [4.69, 9.17) is 11.6 Å². The second kappa shape index (κ2) is 11.1. The van der Waals surface area contributed by atoms with Crippen molar-refractivity contribution in [1.29, 1.82) is 0 Å². The minimum atomic E-state index is -3.56. The predicted octanol–water partition coefficient (Wildman–Crippen LogP) is 3.56. The molecule has 32 heavy (non-hydrogen) atoms. The van der Waals surface area contributed by atoms with Gasteiger partial charge in [-0.25, -0.2) is 16.8 Å². The van der Waals surface area contributed by atoms with Gasteiger partial charge in [0.25, 0.3) is 0 Å². The van der Waals surface area contributed by atoms with Gasteiger partial charge in [-0.05, 0) is 55.0 Å². The summed E-state index contributed by atoms with van der Waals surface area (Å²) in [5.41, 5.74) is 0.938. The van der Waals surface area contributed by atoms with Crippen molar-refractivity contribution in [3.8, 4) is 0 Å². The van der Waals surface area contributed by atoms with Crippen LogP contribution in [-0.2, 0) is 24.8 Å². The number of hydrogen-bond acceptors (Lipinski definition) is 5. The first-order valence-corrected chi connectivity index (χ1v) is 13.8. The Kier molecular flexibility index (Phi) is 9.08. The van der Waals surface area contributed by atoms with E-state index in [1.54, 1.807) is 38.1 Å². The van der Waals surface area contributed by atoms with Crippen molar-refractivity contribution in [2.45, 2.75) is 31.6 Å². The van der Waals surface area contributed by atoms with Crippen LogP contribution in [0.5, 0.6) is 0 Å². The van der Waals surface area contributed by atoms with Crippen LogP contribution in [0.25, 0.3) is 0 Å². The summed E-state index contributed by atoms with van der Waals surface area (Å²) < 4.78 is 51.9. The van der Waals surface area contributed by atoms with Gasteiger partial charge in [-0.1, -0.05) is 25.4 Å². The zero-order valence-electron chi connectivity index (χ0n) is 18.3. The largest absolute Gasteiger partial charge is 0.326 e. The summed E-state index contributed by atoms with van der Waals surface area (Å²) in [5, 5.41) is 3.20. The monoisotopic (exact) mass is 501 g/mol. The number of sulfonamides is 2. The smallest absolute Gasteiger partial charge is 0.243 e. The molecule has 2 aromatic carbocycles. The van der Waals surface area contributed by atoms with Gasteiger partial charge in [-0.15, -0.1) is 0 Å². The molecular weight excluding hydrogens is 474 g/mol. The van der Waals surface area contributed by atoms with Crippen LogP contribution >= 0.6 is 11.6 Å². The molecule has 176 valence electrons. The fourth-order valence-corrected chi connectivity index (χ4v) is 5.67. The Hall–Kier alpha value is -2.14. The van der Waals surface area contributed by atoms with Crippen LogP contribution in [0, 0.1) is 0 Å². The number of benzene rings is 2. The average molecular weight is 502 g/mol. The Morgan fingerprint density at radius 2 is 1.50 bits per heavy atom. The molecule has 1 amide bonds. The maximum Gasteiger partial charge on any atom is 0.243 e. The molecule has 0 spiro atoms. The molecule has 0 bridgehead atoms. The minimum absolute atomic E-state index is 0.0963. The van der Waals surface area contributed by atoms with Crippen molar-refractivity contribution < 1.29 is 21.6 Å². The predicted molar refractivity (Wildman–Crippen MR) is 128 cm³/mol. The molecule has 1 N–H and O–H groups in total. The van der Waals surface area contributed by atoms with Crippen LogP contribution in [0.15, 0.2) is 53.4 Å². The highest BCUT2D eigenvalue weighted by molar-refractivity contribution is 7.92. The lowest BCUT2D eigenvalue weighted by Gasteiger charge is -2.22. The van der Waals surface area contributed by atoms with E-state index in [0.717, 1.165) is 6.26 Å². The van der Waals surface area contributed by atoms with E-state index < -0.39 is 20.0 Å². The molecule has 2 aromatic rings. The number of anilines is 2. The maximum absolute atomic E-state index is 12.5. The van der Waals surface area contributed by atoms with Gasteiger partial charge in [0.15, 0.2) is 0 Å². The third-order valence-electron chi connectivity index (χ3n) is 4.76. The highest BCUT2D eigenvalue weighted by Gasteiger charge is 2.21. The zero-order valence-corrected chi connectivity index (χ0v) is 20.7. The molecule has 11 heteroatoms. The second-order valence-corrected chi connectivity index (χ2v) is 11.4. The molecule has 0 heterocycles. The van der Waals surface area contributed by atoms with E-state index in [9.17, 15) is 21.6 Å². The number of carbonyl (C=O) groups excluding carboxylic acids is 1. The minimum Gasteiger partial charge on any atom is -0.326 e. The standard InChI is InChI=1S/C21H28ClN3O5S2/c1-4-24(5-2)32(29,30)20-14-10-18(11-15-20)23-21(26)7-6-16-25(31(3,27)28)19-12-8-17(22)9-13-19/h8-15H,4-7,16H2,1-3H3,(H,23,26). The van der Waals surface area contributed by atoms with Crippen molar-refractivity contribution in [2.75, 3.05) is 35.5 Å². The molecule has 0 fully saturated rings. The average Bonchev–Trinajstić information content (AvgIpc) is 2.72. The van der Waals surface area contributed by atoms with Crippen molar-refractivity contribution >= 4 is 48.9 Å². The Morgan fingerprint density at radius 1 is 0.938 bits per heavy atom. The summed E-state index contributed by atoms with van der Waals surface area (Å²) >= 11 is 5.86. The molecule has 8 nitrogen and oxygen atoms in total. The molecule has 0 unspecified atom stereocenters. The van der Waals surface area contributed by atoms with Gasteiger partial charge in [-0.3, -0.25) is 9.10 Å². The normalized spacial score (nSPS) is 12.0. The van der Waals surface area contributed by atoms with Gasteiger partial charge in [0.05, 0.1) is 16.8 Å². The highest BCUT2D eigenvalue weighted by atomic mass is 35.5. The van der Waals surface area contributed by atoms with Gasteiger partial charge in [-0.2, -0.15) is 4.31 Å². The van der Waals surface area contributed by atoms with Crippen molar-refractivity contribution in [3.63, 3.8) is 0 Å². The van der Waals surface area contributed by atoms with Crippen LogP contribution in [0.4, 0.5) is 11.4 Å². The van der Waals surface area contributed by atoms with E-state index in [1.165, 1.54) is 32.9 Å². The van der Waals surface area contributed by atoms with E-state index >= 15 is 0 Å². The van der Waals surface area contributed by atoms with E-state index in [2.05, 4.69) is 5.32 Å². The van der Waals surface area contributed by atoms with Crippen LogP contribution < -0.4 is 9.62 Å². The third kappa shape index (κ3) is 6.93. The van der Waals surface area contributed by atoms with Gasteiger partial charge in [0.1, 0.15) is 0 Å². The number of rotatable bonds is 11. The van der Waals surface area contributed by atoms with Crippen molar-refractivity contribution in [2.24, 2.45) is 0 Å². The maximum atomic E-state index is 12.5. The number of hydrogen-bond donors (Lipinski definition) is 1. The van der Waals surface area contributed by atoms with Crippen molar-refractivity contribution in [1.82, 2.24) is 4.31 Å². The lowest BCUT2D eigenvalue weighted by molar-refractivity contribution is -0.116. The number of halogens is 1. The summed E-state index contributed by atoms with van der Waals surface area (Å²) in [6.45, 7) is 4.42. The molecule has 0 aliphatic carbocycles. The Labute approximate surface area is 195 Å².